The molecular formula is C30H38N4O. The van der Waals surface area contributed by atoms with Crippen LogP contribution < -0.4 is 5.32 Å². The highest BCUT2D eigenvalue weighted by atomic mass is 16.1. The predicted octanol–water partition coefficient (Wildman–Crippen LogP) is 4.78. The lowest BCUT2D eigenvalue weighted by Gasteiger charge is -2.33. The Morgan fingerprint density at radius 2 is 1.60 bits per heavy atom. The minimum atomic E-state index is 0.0187. The number of amides is 1. The van der Waals surface area contributed by atoms with Crippen LogP contribution in [-0.2, 0) is 12.8 Å². The summed E-state index contributed by atoms with van der Waals surface area (Å²) in [6.45, 7) is 9.73. The van der Waals surface area contributed by atoms with Crippen molar-refractivity contribution in [2.24, 2.45) is 0 Å². The number of nitrogens with zero attached hydrogens (tertiary/aromatic N) is 3. The summed E-state index contributed by atoms with van der Waals surface area (Å²) in [4.78, 5) is 17.8. The van der Waals surface area contributed by atoms with Gasteiger partial charge in [-0.3, -0.25) is 4.79 Å². The number of hydrogen-bond donors (Lipinski definition) is 1. The summed E-state index contributed by atoms with van der Waals surface area (Å²) in [5.74, 6) is 0.0187. The van der Waals surface area contributed by atoms with Crippen molar-refractivity contribution < 1.29 is 4.79 Å². The van der Waals surface area contributed by atoms with Gasteiger partial charge in [0.2, 0.25) is 0 Å². The average molecular weight is 471 g/mol. The topological polar surface area (TPSA) is 40.5 Å². The highest BCUT2D eigenvalue weighted by Gasteiger charge is 2.20. The third-order valence-corrected chi connectivity index (χ3v) is 7.61. The molecule has 1 aliphatic carbocycles. The number of carbonyl (C=O) groups excluding carboxylic acids is 1. The second-order valence-electron chi connectivity index (χ2n) is 9.84. The molecule has 184 valence electrons. The third-order valence-electron chi connectivity index (χ3n) is 7.61. The van der Waals surface area contributed by atoms with E-state index < -0.39 is 0 Å². The van der Waals surface area contributed by atoms with Crippen LogP contribution in [-0.4, -0.2) is 66.1 Å². The average Bonchev–Trinajstić information content (AvgIpc) is 3.31. The molecule has 5 heteroatoms. The number of nitrogens with one attached hydrogen (secondary N) is 1. The lowest BCUT2D eigenvalue weighted by molar-refractivity contribution is 0.0948. The van der Waals surface area contributed by atoms with E-state index in [9.17, 15) is 4.79 Å². The molecule has 0 saturated carbocycles. The van der Waals surface area contributed by atoms with E-state index in [4.69, 9.17) is 0 Å². The van der Waals surface area contributed by atoms with Crippen LogP contribution >= 0.6 is 0 Å². The van der Waals surface area contributed by atoms with Crippen LogP contribution in [0.3, 0.4) is 0 Å². The van der Waals surface area contributed by atoms with Crippen molar-refractivity contribution in [1.82, 2.24) is 19.7 Å². The molecule has 1 saturated heterocycles. The number of hydrogen-bond acceptors (Lipinski definition) is 3. The Labute approximate surface area is 209 Å². The zero-order valence-electron chi connectivity index (χ0n) is 21.0. The van der Waals surface area contributed by atoms with Crippen molar-refractivity contribution in [3.05, 3.63) is 77.5 Å². The van der Waals surface area contributed by atoms with E-state index in [0.717, 1.165) is 76.3 Å². The molecule has 5 rings (SSSR count). The largest absolute Gasteiger partial charge is 0.352 e. The smallest absolute Gasteiger partial charge is 0.251 e. The van der Waals surface area contributed by atoms with E-state index in [2.05, 4.69) is 75.1 Å². The van der Waals surface area contributed by atoms with E-state index in [1.807, 2.05) is 12.1 Å². The van der Waals surface area contributed by atoms with Crippen LogP contribution in [0.4, 0.5) is 0 Å². The van der Waals surface area contributed by atoms with Crippen LogP contribution in [0, 0.1) is 0 Å². The van der Waals surface area contributed by atoms with Gasteiger partial charge in [-0.1, -0.05) is 37.3 Å². The molecule has 2 aliphatic rings. The molecule has 0 radical (unpaired) electrons. The van der Waals surface area contributed by atoms with Crippen molar-refractivity contribution in [3.63, 3.8) is 0 Å². The van der Waals surface area contributed by atoms with Gasteiger partial charge in [0.25, 0.3) is 5.91 Å². The van der Waals surface area contributed by atoms with Crippen LogP contribution in [0.1, 0.15) is 47.8 Å². The summed E-state index contributed by atoms with van der Waals surface area (Å²) in [5.41, 5.74) is 7.23. The fraction of sp³-hybridized carbons (Fsp3) is 0.433. The maximum Gasteiger partial charge on any atom is 0.251 e. The molecular weight excluding hydrogens is 432 g/mol. The molecule has 2 heterocycles. The highest BCUT2D eigenvalue weighted by molar-refractivity contribution is 5.94. The standard InChI is InChI=1S/C30H38N4O/c1-2-32-19-21-33(22-20-32)18-8-17-31-30(35)25-13-15-27(16-14-25)34-28-12-7-6-11-26(28)23-29(34)24-9-4-3-5-10-24/h3-5,9-10,13-16,23H,2,6-8,11-12,17-22H2,1H3,(H,31,35). The summed E-state index contributed by atoms with van der Waals surface area (Å²) < 4.78 is 2.41. The Kier molecular flexibility index (Phi) is 7.65. The van der Waals surface area contributed by atoms with E-state index in [0.29, 0.717) is 0 Å². The first-order valence-electron chi connectivity index (χ1n) is 13.3. The summed E-state index contributed by atoms with van der Waals surface area (Å²) in [6.07, 6.45) is 5.75. The van der Waals surface area contributed by atoms with Gasteiger partial charge in [-0.2, -0.15) is 0 Å². The van der Waals surface area contributed by atoms with Gasteiger partial charge < -0.3 is 19.7 Å². The van der Waals surface area contributed by atoms with Gasteiger partial charge in [-0.05, 0) is 86.7 Å². The van der Waals surface area contributed by atoms with Gasteiger partial charge in [-0.25, -0.2) is 0 Å². The van der Waals surface area contributed by atoms with Crippen molar-refractivity contribution in [1.29, 1.82) is 0 Å². The summed E-state index contributed by atoms with van der Waals surface area (Å²) in [5, 5.41) is 3.12. The lowest BCUT2D eigenvalue weighted by atomic mass is 9.98. The van der Waals surface area contributed by atoms with E-state index in [1.165, 1.54) is 35.4 Å². The van der Waals surface area contributed by atoms with Crippen LogP contribution in [0.15, 0.2) is 60.7 Å². The normalized spacial score (nSPS) is 16.7. The molecule has 0 bridgehead atoms. The van der Waals surface area contributed by atoms with Crippen molar-refractivity contribution in [2.75, 3.05) is 45.8 Å². The van der Waals surface area contributed by atoms with Crippen molar-refractivity contribution in [2.45, 2.75) is 39.0 Å². The number of aryl methyl sites for hydroxylation is 1. The Balaban J connectivity index is 1.22. The first-order chi connectivity index (χ1) is 17.2. The van der Waals surface area contributed by atoms with Gasteiger partial charge in [0.1, 0.15) is 0 Å². The Morgan fingerprint density at radius 3 is 2.34 bits per heavy atom. The molecule has 1 amide bonds. The zero-order chi connectivity index (χ0) is 24.0. The van der Waals surface area contributed by atoms with Crippen LogP contribution in [0.5, 0.6) is 0 Å². The molecule has 0 atom stereocenters. The molecule has 3 aromatic rings. The number of fused-ring (bicyclic) bond motifs is 1. The number of likely N-dealkylation sites (N-methyl/N-ethyl adjacent to an activating group) is 1. The van der Waals surface area contributed by atoms with Crippen molar-refractivity contribution in [3.8, 4) is 16.9 Å². The Hall–Kier alpha value is -2.89. The quantitative estimate of drug-likeness (QED) is 0.482. The number of rotatable bonds is 8. The molecule has 1 aliphatic heterocycles. The maximum atomic E-state index is 12.8. The predicted molar refractivity (Wildman–Crippen MR) is 143 cm³/mol. The number of aromatic nitrogens is 1. The fourth-order valence-corrected chi connectivity index (χ4v) is 5.51. The molecule has 1 N–H and O–H groups in total. The zero-order valence-corrected chi connectivity index (χ0v) is 21.0. The molecule has 0 spiro atoms. The van der Waals surface area contributed by atoms with E-state index in [1.54, 1.807) is 0 Å². The first-order valence-corrected chi connectivity index (χ1v) is 13.3. The monoisotopic (exact) mass is 470 g/mol. The van der Waals surface area contributed by atoms with Gasteiger partial charge in [0, 0.05) is 49.7 Å². The van der Waals surface area contributed by atoms with Gasteiger partial charge in [-0.15, -0.1) is 0 Å². The summed E-state index contributed by atoms with van der Waals surface area (Å²) in [7, 11) is 0. The lowest BCUT2D eigenvalue weighted by Crippen LogP contribution is -2.46. The van der Waals surface area contributed by atoms with E-state index >= 15 is 0 Å². The van der Waals surface area contributed by atoms with Crippen LogP contribution in [0.25, 0.3) is 16.9 Å². The van der Waals surface area contributed by atoms with Gasteiger partial charge in [0.05, 0.1) is 5.69 Å². The minimum absolute atomic E-state index is 0.0187. The van der Waals surface area contributed by atoms with Gasteiger partial charge >= 0.3 is 0 Å². The molecule has 35 heavy (non-hydrogen) atoms. The first kappa shape index (κ1) is 23.8. The van der Waals surface area contributed by atoms with Gasteiger partial charge in [0.15, 0.2) is 0 Å². The highest BCUT2D eigenvalue weighted by Crippen LogP contribution is 2.33. The molecule has 2 aromatic carbocycles. The Morgan fingerprint density at radius 1 is 0.886 bits per heavy atom. The second kappa shape index (κ2) is 11.2. The SMILES string of the molecule is CCN1CCN(CCCNC(=O)c2ccc(-n3c(-c4ccccc4)cc4c3CCCC4)cc2)CC1. The summed E-state index contributed by atoms with van der Waals surface area (Å²) >= 11 is 0. The van der Waals surface area contributed by atoms with Crippen LogP contribution in [0.2, 0.25) is 0 Å². The molecule has 5 nitrogen and oxygen atoms in total. The maximum absolute atomic E-state index is 12.8. The molecule has 1 aromatic heterocycles. The second-order valence-corrected chi connectivity index (χ2v) is 9.84. The number of benzene rings is 2. The van der Waals surface area contributed by atoms with Crippen molar-refractivity contribution >= 4 is 5.91 Å². The number of piperazine rings is 1. The summed E-state index contributed by atoms with van der Waals surface area (Å²) in [6, 6.07) is 21.1. The minimum Gasteiger partial charge on any atom is -0.352 e. The third kappa shape index (κ3) is 5.52. The molecule has 0 unspecified atom stereocenters. The molecule has 1 fully saturated rings. The fourth-order valence-electron chi connectivity index (χ4n) is 5.51. The Bertz CT molecular complexity index is 1110. The number of carbonyl (C=O) groups is 1. The van der Waals surface area contributed by atoms with E-state index in [-0.39, 0.29) is 5.91 Å².